The monoisotopic (exact) mass is 155 g/mol. The van der Waals surface area contributed by atoms with E-state index < -0.39 is 0 Å². The van der Waals surface area contributed by atoms with Crippen LogP contribution in [0.15, 0.2) is 24.3 Å². The topological polar surface area (TPSA) is 3.24 Å². The minimum absolute atomic E-state index is 0. The standard InChI is InChI=1S/C10H14N.Li/c1-9(11(2)3)10-7-5-4-6-8-10;/h4-7,9H,1-3H3;/q-1;+1. The maximum Gasteiger partial charge on any atom is 1.00 e. The molecule has 0 aliphatic carbocycles. The summed E-state index contributed by atoms with van der Waals surface area (Å²) in [4.78, 5) is 2.17. The molecule has 1 aromatic carbocycles. The van der Waals surface area contributed by atoms with Crippen LogP contribution in [-0.2, 0) is 0 Å². The normalized spacial score (nSPS) is 12.3. The fourth-order valence-corrected chi connectivity index (χ4v) is 0.945. The molecule has 0 N–H and O–H groups in total. The van der Waals surface area contributed by atoms with Crippen molar-refractivity contribution in [2.45, 2.75) is 13.0 Å². The molecule has 1 atom stereocenters. The molecule has 0 bridgehead atoms. The summed E-state index contributed by atoms with van der Waals surface area (Å²) in [5.74, 6) is 0. The fraction of sp³-hybridized carbons (Fsp3) is 0.400. The molecule has 12 heavy (non-hydrogen) atoms. The minimum atomic E-state index is 0. The first-order valence-electron chi connectivity index (χ1n) is 3.85. The van der Waals surface area contributed by atoms with Crippen molar-refractivity contribution in [2.75, 3.05) is 14.1 Å². The van der Waals surface area contributed by atoms with Crippen molar-refractivity contribution >= 4 is 0 Å². The largest absolute Gasteiger partial charge is 1.00 e. The first-order chi connectivity index (χ1) is 5.22. The zero-order valence-electron chi connectivity index (χ0n) is 8.33. The molecule has 0 fully saturated rings. The van der Waals surface area contributed by atoms with E-state index >= 15 is 0 Å². The molecule has 0 aromatic heterocycles. The number of hydrogen-bond acceptors (Lipinski definition) is 1. The molecule has 0 saturated heterocycles. The third-order valence-electron chi connectivity index (χ3n) is 1.96. The van der Waals surface area contributed by atoms with Crippen LogP contribution in [0.25, 0.3) is 0 Å². The van der Waals surface area contributed by atoms with Gasteiger partial charge in [0.05, 0.1) is 0 Å². The Morgan fingerprint density at radius 2 is 2.00 bits per heavy atom. The molecular formula is C10H14LiN. The van der Waals surface area contributed by atoms with Gasteiger partial charge in [0.15, 0.2) is 0 Å². The Morgan fingerprint density at radius 3 is 2.42 bits per heavy atom. The number of rotatable bonds is 2. The first-order valence-corrected chi connectivity index (χ1v) is 3.85. The molecule has 2 heteroatoms. The molecule has 0 aliphatic heterocycles. The summed E-state index contributed by atoms with van der Waals surface area (Å²) >= 11 is 0. The van der Waals surface area contributed by atoms with Crippen LogP contribution in [0.3, 0.4) is 0 Å². The van der Waals surface area contributed by atoms with E-state index in [1.807, 2.05) is 18.2 Å². The van der Waals surface area contributed by atoms with Gasteiger partial charge in [-0.25, -0.2) is 0 Å². The maximum absolute atomic E-state index is 3.21. The summed E-state index contributed by atoms with van der Waals surface area (Å²) in [7, 11) is 4.15. The van der Waals surface area contributed by atoms with Gasteiger partial charge in [-0.2, -0.15) is 30.3 Å². The van der Waals surface area contributed by atoms with Gasteiger partial charge in [-0.3, -0.25) is 0 Å². The molecule has 1 rings (SSSR count). The average Bonchev–Trinajstić information content (AvgIpc) is 2.05. The van der Waals surface area contributed by atoms with Crippen molar-refractivity contribution < 1.29 is 18.9 Å². The zero-order chi connectivity index (χ0) is 8.27. The van der Waals surface area contributed by atoms with Gasteiger partial charge in [0, 0.05) is 6.04 Å². The molecule has 0 saturated carbocycles. The summed E-state index contributed by atoms with van der Waals surface area (Å²) in [6.45, 7) is 2.17. The summed E-state index contributed by atoms with van der Waals surface area (Å²) in [6, 6.07) is 11.8. The summed E-state index contributed by atoms with van der Waals surface area (Å²) in [5.41, 5.74) is 1.25. The second kappa shape index (κ2) is 5.43. The van der Waals surface area contributed by atoms with Crippen molar-refractivity contribution in [1.29, 1.82) is 0 Å². The molecular weight excluding hydrogens is 141 g/mol. The molecule has 0 spiro atoms. The summed E-state index contributed by atoms with van der Waals surface area (Å²) in [5, 5.41) is 0. The van der Waals surface area contributed by atoms with Crippen LogP contribution >= 0.6 is 0 Å². The van der Waals surface area contributed by atoms with E-state index in [4.69, 9.17) is 0 Å². The quantitative estimate of drug-likeness (QED) is 0.396. The Bertz CT molecular complexity index is 208. The molecule has 1 aromatic rings. The van der Waals surface area contributed by atoms with Gasteiger partial charge in [-0.05, 0) is 21.0 Å². The van der Waals surface area contributed by atoms with Gasteiger partial charge in [0.1, 0.15) is 0 Å². The number of hydrogen-bond donors (Lipinski definition) is 0. The second-order valence-corrected chi connectivity index (χ2v) is 2.96. The van der Waals surface area contributed by atoms with Gasteiger partial charge < -0.3 is 4.90 Å². The van der Waals surface area contributed by atoms with E-state index in [1.165, 1.54) is 5.56 Å². The SMILES string of the molecule is CC(c1[c-]cccc1)N(C)C.[Li+]. The zero-order valence-corrected chi connectivity index (χ0v) is 8.33. The predicted molar refractivity (Wildman–Crippen MR) is 47.4 cm³/mol. The van der Waals surface area contributed by atoms with E-state index in [1.54, 1.807) is 0 Å². The van der Waals surface area contributed by atoms with E-state index in [0.29, 0.717) is 6.04 Å². The maximum atomic E-state index is 3.21. The molecule has 60 valence electrons. The molecule has 0 amide bonds. The van der Waals surface area contributed by atoms with Crippen LogP contribution in [-0.4, -0.2) is 19.0 Å². The fourth-order valence-electron chi connectivity index (χ4n) is 0.945. The minimum Gasteiger partial charge on any atom is -0.305 e. The van der Waals surface area contributed by atoms with E-state index in [0.717, 1.165) is 0 Å². The third kappa shape index (κ3) is 3.03. The Balaban J connectivity index is 0.00000121. The Hall–Kier alpha value is -0.223. The third-order valence-corrected chi connectivity index (χ3v) is 1.96. The summed E-state index contributed by atoms with van der Waals surface area (Å²) < 4.78 is 0. The smallest absolute Gasteiger partial charge is 0.305 e. The molecule has 1 nitrogen and oxygen atoms in total. The molecule has 0 aliphatic rings. The van der Waals surface area contributed by atoms with Crippen molar-refractivity contribution in [3.63, 3.8) is 0 Å². The number of nitrogens with zero attached hydrogens (tertiary/aromatic N) is 1. The van der Waals surface area contributed by atoms with E-state index in [9.17, 15) is 0 Å². The van der Waals surface area contributed by atoms with Crippen LogP contribution in [0.1, 0.15) is 18.5 Å². The van der Waals surface area contributed by atoms with Crippen molar-refractivity contribution in [2.24, 2.45) is 0 Å². The van der Waals surface area contributed by atoms with Crippen LogP contribution < -0.4 is 18.9 Å². The van der Waals surface area contributed by atoms with E-state index in [2.05, 4.69) is 38.1 Å². The van der Waals surface area contributed by atoms with Gasteiger partial charge >= 0.3 is 18.9 Å². The summed E-state index contributed by atoms with van der Waals surface area (Å²) in [6.07, 6.45) is 0. The average molecular weight is 155 g/mol. The van der Waals surface area contributed by atoms with Gasteiger partial charge in [0.25, 0.3) is 0 Å². The van der Waals surface area contributed by atoms with E-state index in [-0.39, 0.29) is 18.9 Å². The Labute approximate surface area is 86.9 Å². The van der Waals surface area contributed by atoms with Crippen molar-refractivity contribution in [3.8, 4) is 0 Å². The van der Waals surface area contributed by atoms with Gasteiger partial charge in [0.2, 0.25) is 0 Å². The van der Waals surface area contributed by atoms with Crippen molar-refractivity contribution in [3.05, 3.63) is 35.9 Å². The first kappa shape index (κ1) is 11.8. The van der Waals surface area contributed by atoms with Crippen LogP contribution in [0.2, 0.25) is 0 Å². The Kier molecular flexibility index (Phi) is 5.33. The van der Waals surface area contributed by atoms with Gasteiger partial charge in [-0.1, -0.05) is 0 Å². The molecule has 0 heterocycles. The Morgan fingerprint density at radius 1 is 1.33 bits per heavy atom. The van der Waals surface area contributed by atoms with Crippen molar-refractivity contribution in [1.82, 2.24) is 4.90 Å². The predicted octanol–water partition coefficient (Wildman–Crippen LogP) is -0.887. The van der Waals surface area contributed by atoms with Crippen LogP contribution in [0.5, 0.6) is 0 Å². The second-order valence-electron chi connectivity index (χ2n) is 2.96. The number of benzene rings is 1. The molecule has 0 radical (unpaired) electrons. The van der Waals surface area contributed by atoms with Gasteiger partial charge in [-0.15, -0.1) is 5.56 Å². The molecule has 1 unspecified atom stereocenters. The van der Waals surface area contributed by atoms with Crippen LogP contribution in [0, 0.1) is 6.07 Å². The van der Waals surface area contributed by atoms with Crippen LogP contribution in [0.4, 0.5) is 0 Å².